The van der Waals surface area contributed by atoms with E-state index in [4.69, 9.17) is 0 Å². The number of carbonyl (C=O) groups is 1. The number of thiazole rings is 1. The molecule has 0 unspecified atom stereocenters. The maximum atomic E-state index is 12.6. The van der Waals surface area contributed by atoms with E-state index in [1.165, 1.54) is 23.5 Å². The molecule has 1 aromatic heterocycles. The van der Waals surface area contributed by atoms with Crippen LogP contribution in [0.15, 0.2) is 29.6 Å². The molecule has 7 heteroatoms. The van der Waals surface area contributed by atoms with Crippen LogP contribution in [0, 0.1) is 0 Å². The van der Waals surface area contributed by atoms with Crippen LogP contribution in [-0.4, -0.2) is 24.4 Å². The summed E-state index contributed by atoms with van der Waals surface area (Å²) in [6.45, 7) is 1.54. The van der Waals surface area contributed by atoms with Gasteiger partial charge in [-0.1, -0.05) is 0 Å². The minimum absolute atomic E-state index is 0.319. The summed E-state index contributed by atoms with van der Waals surface area (Å²) in [6.07, 6.45) is -1.79. The summed E-state index contributed by atoms with van der Waals surface area (Å²) in [4.78, 5) is 17.1. The van der Waals surface area contributed by atoms with Crippen molar-refractivity contribution in [3.63, 3.8) is 0 Å². The number of alkyl halides is 3. The fourth-order valence-corrected chi connectivity index (χ4v) is 3.72. The normalized spacial score (nSPS) is 16.6. The van der Waals surface area contributed by atoms with Crippen LogP contribution in [0.3, 0.4) is 0 Å². The van der Waals surface area contributed by atoms with Crippen molar-refractivity contribution in [2.75, 3.05) is 18.0 Å². The van der Waals surface area contributed by atoms with E-state index in [2.05, 4.69) is 9.88 Å². The molecule has 0 spiro atoms. The number of aromatic nitrogens is 1. The monoisotopic (exact) mass is 340 g/mol. The largest absolute Gasteiger partial charge is 0.416 e. The molecule has 0 N–H and O–H groups in total. The Bertz CT molecular complexity index is 673. The minimum atomic E-state index is -4.30. The van der Waals surface area contributed by atoms with E-state index in [-0.39, 0.29) is 0 Å². The number of hydrogen-bond donors (Lipinski definition) is 0. The Balaban J connectivity index is 1.63. The molecule has 1 aromatic carbocycles. The summed E-state index contributed by atoms with van der Waals surface area (Å²) < 4.78 is 37.8. The van der Waals surface area contributed by atoms with E-state index in [9.17, 15) is 18.0 Å². The van der Waals surface area contributed by atoms with Gasteiger partial charge in [0.2, 0.25) is 0 Å². The van der Waals surface area contributed by atoms with E-state index in [1.807, 2.05) is 0 Å². The van der Waals surface area contributed by atoms with Crippen LogP contribution in [-0.2, 0) is 6.18 Å². The van der Waals surface area contributed by atoms with Crippen LogP contribution in [0.4, 0.5) is 18.9 Å². The van der Waals surface area contributed by atoms with Gasteiger partial charge in [0.15, 0.2) is 6.29 Å². The summed E-state index contributed by atoms with van der Waals surface area (Å²) in [6, 6.07) is 5.30. The van der Waals surface area contributed by atoms with Gasteiger partial charge in [-0.25, -0.2) is 4.98 Å². The van der Waals surface area contributed by atoms with E-state index in [0.29, 0.717) is 11.6 Å². The third kappa shape index (κ3) is 3.55. The van der Waals surface area contributed by atoms with Crippen molar-refractivity contribution >= 4 is 23.3 Å². The second kappa shape index (κ2) is 6.31. The van der Waals surface area contributed by atoms with Gasteiger partial charge < -0.3 is 4.90 Å². The highest BCUT2D eigenvalue weighted by Gasteiger charge is 2.30. The van der Waals surface area contributed by atoms with E-state index in [1.54, 1.807) is 5.38 Å². The first kappa shape index (κ1) is 16.0. The van der Waals surface area contributed by atoms with Gasteiger partial charge in [0.25, 0.3) is 0 Å². The van der Waals surface area contributed by atoms with Gasteiger partial charge in [0.05, 0.1) is 10.6 Å². The van der Waals surface area contributed by atoms with Gasteiger partial charge in [-0.2, -0.15) is 13.2 Å². The van der Waals surface area contributed by atoms with Gasteiger partial charge in [0.1, 0.15) is 5.69 Å². The van der Waals surface area contributed by atoms with Gasteiger partial charge >= 0.3 is 6.18 Å². The smallest absolute Gasteiger partial charge is 0.371 e. The van der Waals surface area contributed by atoms with Crippen LogP contribution in [0.2, 0.25) is 0 Å². The molecule has 1 aliphatic heterocycles. The van der Waals surface area contributed by atoms with Gasteiger partial charge in [-0.3, -0.25) is 4.79 Å². The number of rotatable bonds is 3. The quantitative estimate of drug-likeness (QED) is 0.779. The highest BCUT2D eigenvalue weighted by Crippen LogP contribution is 2.34. The SMILES string of the molecule is O=Cc1csc(C2CCN(c3ccc(C(F)(F)F)cc3)CC2)n1. The molecule has 122 valence electrons. The van der Waals surface area contributed by atoms with Gasteiger partial charge in [-0.15, -0.1) is 11.3 Å². The third-order valence-electron chi connectivity index (χ3n) is 4.06. The van der Waals surface area contributed by atoms with Crippen molar-refractivity contribution < 1.29 is 18.0 Å². The molecule has 3 nitrogen and oxygen atoms in total. The van der Waals surface area contributed by atoms with Crippen LogP contribution in [0.25, 0.3) is 0 Å². The fraction of sp³-hybridized carbons (Fsp3) is 0.375. The number of halogens is 3. The fourth-order valence-electron chi connectivity index (χ4n) is 2.79. The molecule has 0 saturated carbocycles. The minimum Gasteiger partial charge on any atom is -0.371 e. The lowest BCUT2D eigenvalue weighted by Crippen LogP contribution is -2.32. The van der Waals surface area contributed by atoms with Crippen molar-refractivity contribution in [1.29, 1.82) is 0 Å². The molecule has 2 aromatic rings. The predicted molar refractivity (Wildman–Crippen MR) is 83.1 cm³/mol. The number of nitrogens with zero attached hydrogens (tertiary/aromatic N) is 2. The Kier molecular flexibility index (Phi) is 4.39. The number of aldehydes is 1. The van der Waals surface area contributed by atoms with Crippen molar-refractivity contribution in [1.82, 2.24) is 4.98 Å². The Hall–Kier alpha value is -1.89. The predicted octanol–water partition coefficient (Wildman–Crippen LogP) is 4.36. The van der Waals surface area contributed by atoms with Crippen molar-refractivity contribution in [3.05, 3.63) is 45.9 Å². The van der Waals surface area contributed by atoms with Crippen LogP contribution in [0.1, 0.15) is 39.8 Å². The maximum Gasteiger partial charge on any atom is 0.416 e. The molecular weight excluding hydrogens is 325 g/mol. The van der Waals surface area contributed by atoms with E-state index in [0.717, 1.165) is 55.0 Å². The topological polar surface area (TPSA) is 33.2 Å². The summed E-state index contributed by atoms with van der Waals surface area (Å²) >= 11 is 1.50. The molecule has 3 rings (SSSR count). The van der Waals surface area contributed by atoms with E-state index < -0.39 is 11.7 Å². The Morgan fingerprint density at radius 1 is 1.17 bits per heavy atom. The van der Waals surface area contributed by atoms with Crippen molar-refractivity contribution in [2.24, 2.45) is 0 Å². The molecule has 1 saturated heterocycles. The number of benzene rings is 1. The summed E-state index contributed by atoms with van der Waals surface area (Å²) in [5.74, 6) is 0.319. The first-order valence-electron chi connectivity index (χ1n) is 7.30. The van der Waals surface area contributed by atoms with Crippen molar-refractivity contribution in [2.45, 2.75) is 24.9 Å². The summed E-state index contributed by atoms with van der Waals surface area (Å²) in [5, 5.41) is 2.73. The molecule has 0 aliphatic carbocycles. The van der Waals surface area contributed by atoms with Crippen LogP contribution in [0.5, 0.6) is 0 Å². The third-order valence-corrected chi connectivity index (χ3v) is 5.09. The summed E-state index contributed by atoms with van der Waals surface area (Å²) in [7, 11) is 0. The van der Waals surface area contributed by atoms with Crippen LogP contribution >= 0.6 is 11.3 Å². The van der Waals surface area contributed by atoms with E-state index >= 15 is 0 Å². The zero-order valence-corrected chi connectivity index (χ0v) is 13.0. The summed E-state index contributed by atoms with van der Waals surface area (Å²) in [5.41, 5.74) is 0.652. The molecule has 0 bridgehead atoms. The second-order valence-electron chi connectivity index (χ2n) is 5.53. The number of piperidine rings is 1. The first-order chi connectivity index (χ1) is 11.0. The zero-order valence-electron chi connectivity index (χ0n) is 12.2. The molecule has 1 aliphatic rings. The number of anilines is 1. The van der Waals surface area contributed by atoms with Gasteiger partial charge in [-0.05, 0) is 37.1 Å². The average Bonchev–Trinajstić information content (AvgIpc) is 3.03. The van der Waals surface area contributed by atoms with Crippen molar-refractivity contribution in [3.8, 4) is 0 Å². The number of hydrogen-bond acceptors (Lipinski definition) is 4. The maximum absolute atomic E-state index is 12.6. The molecule has 0 radical (unpaired) electrons. The molecule has 0 atom stereocenters. The molecule has 23 heavy (non-hydrogen) atoms. The average molecular weight is 340 g/mol. The lowest BCUT2D eigenvalue weighted by molar-refractivity contribution is -0.137. The first-order valence-corrected chi connectivity index (χ1v) is 8.18. The highest BCUT2D eigenvalue weighted by atomic mass is 32.1. The standard InChI is InChI=1S/C16H15F3N2OS/c17-16(18,19)12-1-3-14(4-2-12)21-7-5-11(6-8-21)15-20-13(9-22)10-23-15/h1-4,9-11H,5-8H2. The lowest BCUT2D eigenvalue weighted by Gasteiger charge is -2.33. The molecule has 1 fully saturated rings. The second-order valence-corrected chi connectivity index (χ2v) is 6.42. The zero-order chi connectivity index (χ0) is 16.4. The molecule has 0 amide bonds. The Morgan fingerprint density at radius 2 is 1.83 bits per heavy atom. The Morgan fingerprint density at radius 3 is 2.35 bits per heavy atom. The number of carbonyl (C=O) groups excluding carboxylic acids is 1. The highest BCUT2D eigenvalue weighted by molar-refractivity contribution is 7.09. The lowest BCUT2D eigenvalue weighted by atomic mass is 9.97. The molecule has 2 heterocycles. The van der Waals surface area contributed by atoms with Gasteiger partial charge in [0, 0.05) is 30.1 Å². The van der Waals surface area contributed by atoms with Crippen LogP contribution < -0.4 is 4.90 Å². The Labute approximate surface area is 135 Å². The molecular formula is C16H15F3N2OS.